The Bertz CT molecular complexity index is 1180. The topological polar surface area (TPSA) is 112 Å². The number of furan rings is 1. The van der Waals surface area contributed by atoms with Crippen LogP contribution in [0.5, 0.6) is 0 Å². The molecule has 0 spiro atoms. The summed E-state index contributed by atoms with van der Waals surface area (Å²) in [5.74, 6) is 0.0133. The quantitative estimate of drug-likeness (QED) is 0.542. The standard InChI is InChI=1S/C24H27N5O4/c30-21(31)15-20(19-8-6-17-9-14-33-23(17)27-19)29-13-12-28(24(29)32)11-2-4-18-7-5-16-3-1-10-25-22(16)26-18/h5-9,14,20H,1-4,10-13,15H2,(H,25,26)(H,30,31). The molecule has 1 atom stereocenters. The minimum atomic E-state index is -0.973. The molecule has 2 aliphatic heterocycles. The van der Waals surface area contributed by atoms with Crippen LogP contribution in [0.25, 0.3) is 11.1 Å². The molecule has 0 aliphatic carbocycles. The number of carbonyl (C=O) groups is 2. The number of fused-ring (bicyclic) bond motifs is 2. The highest BCUT2D eigenvalue weighted by atomic mass is 16.4. The number of aliphatic carboxylic acids is 1. The summed E-state index contributed by atoms with van der Waals surface area (Å²) >= 11 is 0. The molecule has 5 rings (SSSR count). The highest BCUT2D eigenvalue weighted by molar-refractivity contribution is 5.79. The first kappa shape index (κ1) is 21.2. The smallest absolute Gasteiger partial charge is 0.320 e. The molecule has 0 aromatic carbocycles. The first-order valence-electron chi connectivity index (χ1n) is 11.4. The molecule has 1 unspecified atom stereocenters. The van der Waals surface area contributed by atoms with Crippen LogP contribution in [0.1, 0.15) is 42.3 Å². The summed E-state index contributed by atoms with van der Waals surface area (Å²) in [4.78, 5) is 37.3. The predicted octanol–water partition coefficient (Wildman–Crippen LogP) is 3.47. The van der Waals surface area contributed by atoms with Crippen LogP contribution >= 0.6 is 0 Å². The van der Waals surface area contributed by atoms with E-state index in [0.29, 0.717) is 31.0 Å². The van der Waals surface area contributed by atoms with Crippen LogP contribution in [0.3, 0.4) is 0 Å². The van der Waals surface area contributed by atoms with Gasteiger partial charge in [0.25, 0.3) is 0 Å². The zero-order valence-corrected chi connectivity index (χ0v) is 18.4. The van der Waals surface area contributed by atoms with Gasteiger partial charge in [0.2, 0.25) is 5.71 Å². The molecule has 2 N–H and O–H groups in total. The Morgan fingerprint density at radius 2 is 2.09 bits per heavy atom. The molecule has 1 fully saturated rings. The highest BCUT2D eigenvalue weighted by Crippen LogP contribution is 2.29. The summed E-state index contributed by atoms with van der Waals surface area (Å²) in [7, 11) is 0. The molecule has 172 valence electrons. The van der Waals surface area contributed by atoms with Gasteiger partial charge in [-0.05, 0) is 55.5 Å². The number of carbonyl (C=O) groups excluding carboxylic acids is 1. The van der Waals surface area contributed by atoms with E-state index in [-0.39, 0.29) is 12.5 Å². The van der Waals surface area contributed by atoms with Crippen LogP contribution in [-0.2, 0) is 17.6 Å². The fraction of sp³-hybridized carbons (Fsp3) is 0.417. The Balaban J connectivity index is 1.23. The summed E-state index contributed by atoms with van der Waals surface area (Å²) in [6.45, 7) is 2.60. The van der Waals surface area contributed by atoms with Gasteiger partial charge < -0.3 is 24.6 Å². The monoisotopic (exact) mass is 449 g/mol. The van der Waals surface area contributed by atoms with E-state index in [2.05, 4.69) is 22.4 Å². The number of aryl methyl sites for hydroxylation is 2. The summed E-state index contributed by atoms with van der Waals surface area (Å²) in [6.07, 6.45) is 5.12. The van der Waals surface area contributed by atoms with Crippen molar-refractivity contribution in [2.24, 2.45) is 0 Å². The minimum Gasteiger partial charge on any atom is -0.481 e. The number of nitrogens with one attached hydrogen (secondary N) is 1. The average molecular weight is 450 g/mol. The van der Waals surface area contributed by atoms with E-state index in [0.717, 1.165) is 49.1 Å². The molecule has 5 heterocycles. The summed E-state index contributed by atoms with van der Waals surface area (Å²) in [5, 5.41) is 13.7. The van der Waals surface area contributed by atoms with Crippen LogP contribution in [0.2, 0.25) is 0 Å². The first-order valence-corrected chi connectivity index (χ1v) is 11.4. The second-order valence-electron chi connectivity index (χ2n) is 8.57. The number of hydrogen-bond donors (Lipinski definition) is 2. The van der Waals surface area contributed by atoms with Crippen molar-refractivity contribution in [3.63, 3.8) is 0 Å². The highest BCUT2D eigenvalue weighted by Gasteiger charge is 2.36. The van der Waals surface area contributed by atoms with Crippen LogP contribution in [0, 0.1) is 0 Å². The number of pyridine rings is 2. The average Bonchev–Trinajstić information content (AvgIpc) is 3.43. The number of anilines is 1. The number of urea groups is 1. The largest absolute Gasteiger partial charge is 0.481 e. The maximum atomic E-state index is 13.1. The van der Waals surface area contributed by atoms with Crippen LogP contribution in [0.15, 0.2) is 41.0 Å². The van der Waals surface area contributed by atoms with Gasteiger partial charge in [-0.25, -0.2) is 14.8 Å². The molecule has 1 saturated heterocycles. The van der Waals surface area contributed by atoms with E-state index in [1.807, 2.05) is 6.07 Å². The molecule has 33 heavy (non-hydrogen) atoms. The van der Waals surface area contributed by atoms with Crippen molar-refractivity contribution >= 4 is 28.9 Å². The maximum Gasteiger partial charge on any atom is 0.320 e. The first-order chi connectivity index (χ1) is 16.1. The normalized spacial score (nSPS) is 16.7. The molecule has 3 aromatic heterocycles. The Hall–Kier alpha value is -3.62. The van der Waals surface area contributed by atoms with Crippen LogP contribution < -0.4 is 5.32 Å². The second-order valence-corrected chi connectivity index (χ2v) is 8.57. The Morgan fingerprint density at radius 3 is 2.97 bits per heavy atom. The van der Waals surface area contributed by atoms with Gasteiger partial charge in [-0.15, -0.1) is 0 Å². The van der Waals surface area contributed by atoms with E-state index >= 15 is 0 Å². The van der Waals surface area contributed by atoms with E-state index in [4.69, 9.17) is 9.40 Å². The molecule has 0 bridgehead atoms. The molecule has 0 saturated carbocycles. The van der Waals surface area contributed by atoms with Gasteiger partial charge in [0.05, 0.1) is 24.4 Å². The van der Waals surface area contributed by atoms with E-state index < -0.39 is 12.0 Å². The van der Waals surface area contributed by atoms with E-state index in [9.17, 15) is 14.7 Å². The number of rotatable bonds is 8. The lowest BCUT2D eigenvalue weighted by atomic mass is 10.1. The number of carboxylic acids is 1. The van der Waals surface area contributed by atoms with Crippen molar-refractivity contribution in [3.05, 3.63) is 53.5 Å². The van der Waals surface area contributed by atoms with E-state index in [1.54, 1.807) is 28.2 Å². The van der Waals surface area contributed by atoms with Gasteiger partial charge in [0.15, 0.2) is 0 Å². The third-order valence-corrected chi connectivity index (χ3v) is 6.36. The summed E-state index contributed by atoms with van der Waals surface area (Å²) in [6, 6.07) is 8.85. The minimum absolute atomic E-state index is 0.150. The summed E-state index contributed by atoms with van der Waals surface area (Å²) < 4.78 is 5.37. The molecule has 9 nitrogen and oxygen atoms in total. The molecule has 0 radical (unpaired) electrons. The van der Waals surface area contributed by atoms with Crippen molar-refractivity contribution < 1.29 is 19.1 Å². The van der Waals surface area contributed by atoms with Crippen molar-refractivity contribution in [3.8, 4) is 0 Å². The third-order valence-electron chi connectivity index (χ3n) is 6.36. The Kier molecular flexibility index (Phi) is 5.85. The number of carboxylic acid groups (broad SMARTS) is 1. The number of amides is 2. The van der Waals surface area contributed by atoms with Gasteiger partial charge in [-0.2, -0.15) is 0 Å². The van der Waals surface area contributed by atoms with Crippen molar-refractivity contribution in [1.82, 2.24) is 19.8 Å². The SMILES string of the molecule is O=C(O)CC(c1ccc2ccoc2n1)N1CCN(CCCc2ccc3c(n2)NCCC3)C1=O. The lowest BCUT2D eigenvalue weighted by molar-refractivity contribution is -0.138. The number of nitrogens with zero attached hydrogens (tertiary/aromatic N) is 4. The van der Waals surface area contributed by atoms with Gasteiger partial charge in [-0.1, -0.05) is 6.07 Å². The van der Waals surface area contributed by atoms with Crippen LogP contribution in [-0.4, -0.2) is 63.1 Å². The molecule has 9 heteroatoms. The van der Waals surface area contributed by atoms with Crippen molar-refractivity contribution in [2.45, 2.75) is 38.1 Å². The molecule has 3 aromatic rings. The second kappa shape index (κ2) is 9.09. The predicted molar refractivity (Wildman–Crippen MR) is 122 cm³/mol. The van der Waals surface area contributed by atoms with Gasteiger partial charge in [-0.3, -0.25) is 4.79 Å². The van der Waals surface area contributed by atoms with Gasteiger partial charge in [0, 0.05) is 37.3 Å². The van der Waals surface area contributed by atoms with Crippen molar-refractivity contribution in [2.75, 3.05) is 31.5 Å². The van der Waals surface area contributed by atoms with Gasteiger partial charge in [0.1, 0.15) is 5.82 Å². The van der Waals surface area contributed by atoms with E-state index in [1.165, 1.54) is 5.56 Å². The fourth-order valence-corrected chi connectivity index (χ4v) is 4.64. The van der Waals surface area contributed by atoms with Crippen LogP contribution in [0.4, 0.5) is 10.6 Å². The molecule has 2 amide bonds. The third kappa shape index (κ3) is 4.48. The Morgan fingerprint density at radius 1 is 1.18 bits per heavy atom. The molecular weight excluding hydrogens is 422 g/mol. The zero-order chi connectivity index (χ0) is 22.8. The lowest BCUT2D eigenvalue weighted by Gasteiger charge is -2.26. The fourth-order valence-electron chi connectivity index (χ4n) is 4.64. The maximum absolute atomic E-state index is 13.1. The lowest BCUT2D eigenvalue weighted by Crippen LogP contribution is -2.36. The Labute approximate surface area is 191 Å². The van der Waals surface area contributed by atoms with Gasteiger partial charge >= 0.3 is 12.0 Å². The number of hydrogen-bond acceptors (Lipinski definition) is 6. The molecule has 2 aliphatic rings. The summed E-state index contributed by atoms with van der Waals surface area (Å²) in [5.41, 5.74) is 3.26. The molecular formula is C24H27N5O4. The zero-order valence-electron chi connectivity index (χ0n) is 18.4. The van der Waals surface area contributed by atoms with Crippen molar-refractivity contribution in [1.29, 1.82) is 0 Å². The number of aromatic nitrogens is 2.